The second kappa shape index (κ2) is 6.46. The van der Waals surface area contributed by atoms with E-state index in [0.29, 0.717) is 10.8 Å². The molecule has 110 valence electrons. The summed E-state index contributed by atoms with van der Waals surface area (Å²) in [5, 5.41) is 0.629. The Balaban J connectivity index is 1.87. The SMILES string of the molecule is CC(C)(Oc1ccc(Cl)cc1)C(=O)NOC1CCCC1. The van der Waals surface area contributed by atoms with E-state index in [-0.39, 0.29) is 12.0 Å². The van der Waals surface area contributed by atoms with Crippen molar-refractivity contribution in [1.29, 1.82) is 0 Å². The van der Waals surface area contributed by atoms with E-state index in [4.69, 9.17) is 21.2 Å². The second-order valence-electron chi connectivity index (χ2n) is 5.52. The summed E-state index contributed by atoms with van der Waals surface area (Å²) in [6.07, 6.45) is 4.44. The van der Waals surface area contributed by atoms with Crippen LogP contribution in [0, 0.1) is 0 Å². The molecule has 0 spiro atoms. The molecule has 1 aliphatic rings. The number of halogens is 1. The number of hydrogen-bond donors (Lipinski definition) is 1. The minimum absolute atomic E-state index is 0.130. The number of amides is 1. The summed E-state index contributed by atoms with van der Waals surface area (Å²) in [4.78, 5) is 17.5. The van der Waals surface area contributed by atoms with E-state index in [2.05, 4.69) is 5.48 Å². The van der Waals surface area contributed by atoms with Gasteiger partial charge in [-0.15, -0.1) is 0 Å². The predicted molar refractivity (Wildman–Crippen MR) is 77.6 cm³/mol. The fraction of sp³-hybridized carbons (Fsp3) is 0.533. The lowest BCUT2D eigenvalue weighted by molar-refractivity contribution is -0.151. The molecule has 1 N–H and O–H groups in total. The molecule has 0 unspecified atom stereocenters. The monoisotopic (exact) mass is 297 g/mol. The summed E-state index contributed by atoms with van der Waals surface area (Å²) in [6, 6.07) is 6.91. The van der Waals surface area contributed by atoms with Crippen molar-refractivity contribution >= 4 is 17.5 Å². The van der Waals surface area contributed by atoms with Gasteiger partial charge in [-0.1, -0.05) is 24.4 Å². The Morgan fingerprint density at radius 3 is 2.45 bits per heavy atom. The van der Waals surface area contributed by atoms with Gasteiger partial charge in [0, 0.05) is 5.02 Å². The summed E-state index contributed by atoms with van der Waals surface area (Å²) in [6.45, 7) is 3.41. The van der Waals surface area contributed by atoms with Crippen LogP contribution < -0.4 is 10.2 Å². The van der Waals surface area contributed by atoms with Gasteiger partial charge in [0.2, 0.25) is 0 Å². The molecule has 1 aromatic rings. The lowest BCUT2D eigenvalue weighted by Gasteiger charge is -2.25. The van der Waals surface area contributed by atoms with Crippen LogP contribution in [-0.2, 0) is 9.63 Å². The van der Waals surface area contributed by atoms with Gasteiger partial charge in [-0.25, -0.2) is 5.48 Å². The third kappa shape index (κ3) is 4.12. The van der Waals surface area contributed by atoms with Gasteiger partial charge >= 0.3 is 0 Å². The number of ether oxygens (including phenoxy) is 1. The molecule has 1 saturated carbocycles. The zero-order valence-electron chi connectivity index (χ0n) is 11.8. The van der Waals surface area contributed by atoms with Gasteiger partial charge in [0.05, 0.1) is 6.10 Å². The third-order valence-corrected chi connectivity index (χ3v) is 3.61. The van der Waals surface area contributed by atoms with Crippen molar-refractivity contribution in [2.45, 2.75) is 51.2 Å². The highest BCUT2D eigenvalue weighted by Crippen LogP contribution is 2.22. The Morgan fingerprint density at radius 1 is 1.25 bits per heavy atom. The smallest absolute Gasteiger partial charge is 0.287 e. The van der Waals surface area contributed by atoms with Crippen LogP contribution in [0.15, 0.2) is 24.3 Å². The molecule has 0 aliphatic heterocycles. The number of hydroxylamine groups is 1. The van der Waals surface area contributed by atoms with Crippen LogP contribution in [0.1, 0.15) is 39.5 Å². The topological polar surface area (TPSA) is 47.6 Å². The summed E-state index contributed by atoms with van der Waals surface area (Å²) in [7, 11) is 0. The molecule has 0 heterocycles. The van der Waals surface area contributed by atoms with Crippen molar-refractivity contribution in [3.05, 3.63) is 29.3 Å². The third-order valence-electron chi connectivity index (χ3n) is 3.35. The molecule has 4 nitrogen and oxygen atoms in total. The highest BCUT2D eigenvalue weighted by Gasteiger charge is 2.31. The quantitative estimate of drug-likeness (QED) is 0.846. The van der Waals surface area contributed by atoms with E-state index in [1.807, 2.05) is 0 Å². The first-order chi connectivity index (χ1) is 9.47. The molecule has 0 atom stereocenters. The minimum atomic E-state index is -1.01. The van der Waals surface area contributed by atoms with Gasteiger partial charge in [0.1, 0.15) is 5.75 Å². The predicted octanol–water partition coefficient (Wildman–Crippen LogP) is 3.49. The summed E-state index contributed by atoms with van der Waals surface area (Å²) in [5.41, 5.74) is 1.50. The maximum atomic E-state index is 12.1. The molecule has 0 bridgehead atoms. The van der Waals surface area contributed by atoms with Crippen molar-refractivity contribution < 1.29 is 14.4 Å². The van der Waals surface area contributed by atoms with Crippen molar-refractivity contribution in [2.75, 3.05) is 0 Å². The molecule has 5 heteroatoms. The molecule has 2 rings (SSSR count). The van der Waals surface area contributed by atoms with E-state index in [9.17, 15) is 4.79 Å². The van der Waals surface area contributed by atoms with E-state index in [1.54, 1.807) is 38.1 Å². The Kier molecular flexibility index (Phi) is 4.89. The van der Waals surface area contributed by atoms with E-state index in [0.717, 1.165) is 25.7 Å². The number of benzene rings is 1. The number of carbonyl (C=O) groups is 1. The highest BCUT2D eigenvalue weighted by molar-refractivity contribution is 6.30. The summed E-state index contributed by atoms with van der Waals surface area (Å²) in [5.74, 6) is 0.301. The molecular formula is C15H20ClNO3. The van der Waals surface area contributed by atoms with Crippen LogP contribution >= 0.6 is 11.6 Å². The second-order valence-corrected chi connectivity index (χ2v) is 5.96. The van der Waals surface area contributed by atoms with Crippen molar-refractivity contribution in [2.24, 2.45) is 0 Å². The van der Waals surface area contributed by atoms with E-state index >= 15 is 0 Å². The number of rotatable bonds is 5. The fourth-order valence-electron chi connectivity index (χ4n) is 2.11. The molecular weight excluding hydrogens is 278 g/mol. The molecule has 1 aliphatic carbocycles. The molecule has 20 heavy (non-hydrogen) atoms. The van der Waals surface area contributed by atoms with Gasteiger partial charge < -0.3 is 4.74 Å². The molecule has 0 radical (unpaired) electrons. The summed E-state index contributed by atoms with van der Waals surface area (Å²) >= 11 is 5.81. The van der Waals surface area contributed by atoms with Gasteiger partial charge in [-0.2, -0.15) is 0 Å². The first kappa shape index (κ1) is 15.1. The molecule has 1 fully saturated rings. The van der Waals surface area contributed by atoms with E-state index in [1.165, 1.54) is 0 Å². The lowest BCUT2D eigenvalue weighted by atomic mass is 10.1. The van der Waals surface area contributed by atoms with Crippen LogP contribution in [-0.4, -0.2) is 17.6 Å². The Hall–Kier alpha value is -1.26. The van der Waals surface area contributed by atoms with Crippen LogP contribution in [0.2, 0.25) is 5.02 Å². The van der Waals surface area contributed by atoms with Crippen LogP contribution in [0.4, 0.5) is 0 Å². The number of carbonyl (C=O) groups excluding carboxylic acids is 1. The van der Waals surface area contributed by atoms with Crippen LogP contribution in [0.5, 0.6) is 5.75 Å². The number of hydrogen-bond acceptors (Lipinski definition) is 3. The average Bonchev–Trinajstić information content (AvgIpc) is 2.91. The Labute approximate surface area is 124 Å². The van der Waals surface area contributed by atoms with Gasteiger partial charge in [-0.3, -0.25) is 9.63 Å². The first-order valence-corrected chi connectivity index (χ1v) is 7.26. The van der Waals surface area contributed by atoms with Crippen molar-refractivity contribution in [1.82, 2.24) is 5.48 Å². The standard InChI is InChI=1S/C15H20ClNO3/c1-15(2,19-12-9-7-11(16)8-10-12)14(18)17-20-13-5-3-4-6-13/h7-10,13H,3-6H2,1-2H3,(H,17,18). The maximum absolute atomic E-state index is 12.1. The van der Waals surface area contributed by atoms with Gasteiger partial charge in [-0.05, 0) is 51.0 Å². The fourth-order valence-corrected chi connectivity index (χ4v) is 2.24. The average molecular weight is 298 g/mol. The van der Waals surface area contributed by atoms with Gasteiger partial charge in [0.25, 0.3) is 5.91 Å². The Morgan fingerprint density at radius 2 is 1.85 bits per heavy atom. The molecule has 0 aromatic heterocycles. The zero-order valence-corrected chi connectivity index (χ0v) is 12.6. The van der Waals surface area contributed by atoms with Gasteiger partial charge in [0.15, 0.2) is 5.60 Å². The van der Waals surface area contributed by atoms with Crippen molar-refractivity contribution in [3.63, 3.8) is 0 Å². The minimum Gasteiger partial charge on any atom is -0.478 e. The molecule has 1 amide bonds. The zero-order chi connectivity index (χ0) is 14.6. The normalized spacial score (nSPS) is 16.1. The van der Waals surface area contributed by atoms with Crippen molar-refractivity contribution in [3.8, 4) is 5.75 Å². The number of nitrogens with one attached hydrogen (secondary N) is 1. The van der Waals surface area contributed by atoms with Crippen LogP contribution in [0.3, 0.4) is 0 Å². The lowest BCUT2D eigenvalue weighted by Crippen LogP contribution is -2.47. The van der Waals surface area contributed by atoms with Crippen LogP contribution in [0.25, 0.3) is 0 Å². The Bertz CT molecular complexity index is 453. The molecule has 0 saturated heterocycles. The maximum Gasteiger partial charge on any atom is 0.287 e. The van der Waals surface area contributed by atoms with E-state index < -0.39 is 5.60 Å². The largest absolute Gasteiger partial charge is 0.478 e. The summed E-state index contributed by atoms with van der Waals surface area (Å²) < 4.78 is 5.68. The molecule has 1 aromatic carbocycles. The first-order valence-electron chi connectivity index (χ1n) is 6.88. The highest BCUT2D eigenvalue weighted by atomic mass is 35.5.